The van der Waals surface area contributed by atoms with Gasteiger partial charge in [-0.25, -0.2) is 9.78 Å². The van der Waals surface area contributed by atoms with Crippen LogP contribution in [-0.2, 0) is 4.79 Å². The molecule has 0 aliphatic heterocycles. The molecule has 0 saturated heterocycles. The van der Waals surface area contributed by atoms with Crippen LogP contribution in [-0.4, -0.2) is 23.0 Å². The van der Waals surface area contributed by atoms with Crippen molar-refractivity contribution in [3.63, 3.8) is 0 Å². The maximum absolute atomic E-state index is 12.0. The summed E-state index contributed by atoms with van der Waals surface area (Å²) < 4.78 is 0. The minimum absolute atomic E-state index is 0.292. The Balaban J connectivity index is 1.90. The Hall–Kier alpha value is -2.89. The van der Waals surface area contributed by atoms with Crippen LogP contribution in [0.5, 0.6) is 0 Å². The summed E-state index contributed by atoms with van der Waals surface area (Å²) in [6.45, 7) is 5.40. The molecule has 2 aromatic rings. The van der Waals surface area contributed by atoms with E-state index in [-0.39, 0.29) is 5.91 Å². The molecule has 6 nitrogen and oxygen atoms in total. The molecule has 1 heterocycles. The Morgan fingerprint density at radius 1 is 1.04 bits per heavy atom. The lowest BCUT2D eigenvalue weighted by Gasteiger charge is -2.15. The van der Waals surface area contributed by atoms with Gasteiger partial charge in [0.05, 0.1) is 0 Å². The number of carbonyl (C=O) groups excluding carboxylic acids is 2. The summed E-state index contributed by atoms with van der Waals surface area (Å²) in [5, 5.41) is 7.95. The molecular weight excluding hydrogens is 292 g/mol. The molecule has 3 amide bonds. The van der Waals surface area contributed by atoms with Crippen LogP contribution in [0.1, 0.15) is 18.2 Å². The van der Waals surface area contributed by atoms with E-state index in [9.17, 15) is 9.59 Å². The van der Waals surface area contributed by atoms with Gasteiger partial charge in [0.1, 0.15) is 11.9 Å². The first-order chi connectivity index (χ1) is 10.9. The van der Waals surface area contributed by atoms with Crippen molar-refractivity contribution in [2.45, 2.75) is 26.8 Å². The maximum atomic E-state index is 12.0. The number of amides is 3. The Morgan fingerprint density at radius 2 is 1.74 bits per heavy atom. The lowest BCUT2D eigenvalue weighted by Crippen LogP contribution is -2.43. The monoisotopic (exact) mass is 312 g/mol. The minimum Gasteiger partial charge on any atom is -0.326 e. The van der Waals surface area contributed by atoms with Crippen molar-refractivity contribution in [3.8, 4) is 0 Å². The number of nitrogens with zero attached hydrogens (tertiary/aromatic N) is 1. The minimum atomic E-state index is -0.680. The number of hydrogen-bond acceptors (Lipinski definition) is 3. The third kappa shape index (κ3) is 5.10. The summed E-state index contributed by atoms with van der Waals surface area (Å²) in [5.41, 5.74) is 2.50. The van der Waals surface area contributed by atoms with Gasteiger partial charge in [0.2, 0.25) is 5.91 Å². The van der Waals surface area contributed by atoms with E-state index in [4.69, 9.17) is 0 Å². The van der Waals surface area contributed by atoms with Gasteiger partial charge in [0.15, 0.2) is 0 Å². The Labute approximate surface area is 135 Å². The van der Waals surface area contributed by atoms with Crippen LogP contribution in [0.25, 0.3) is 0 Å². The highest BCUT2D eigenvalue weighted by Crippen LogP contribution is 2.09. The maximum Gasteiger partial charge on any atom is 0.321 e. The van der Waals surface area contributed by atoms with Crippen molar-refractivity contribution in [1.82, 2.24) is 10.3 Å². The summed E-state index contributed by atoms with van der Waals surface area (Å²) in [4.78, 5) is 28.2. The topological polar surface area (TPSA) is 83.1 Å². The molecular formula is C17H20N4O2. The second-order valence-corrected chi connectivity index (χ2v) is 5.35. The quantitative estimate of drug-likeness (QED) is 0.811. The lowest BCUT2D eigenvalue weighted by atomic mass is 10.2. The fourth-order valence-corrected chi connectivity index (χ4v) is 2.09. The predicted octanol–water partition coefficient (Wildman–Crippen LogP) is 2.85. The van der Waals surface area contributed by atoms with Gasteiger partial charge in [0, 0.05) is 11.4 Å². The molecule has 0 spiro atoms. The standard InChI is InChI=1S/C17H20N4O2/c1-11-9-12(2)18-15(10-11)21-17(23)19-13(3)16(22)20-14-7-5-4-6-8-14/h4-10,13H,1-3H3,(H,20,22)(H2,18,19,21,23)/t13-/m0/s1. The van der Waals surface area contributed by atoms with E-state index in [1.165, 1.54) is 0 Å². The van der Waals surface area contributed by atoms with Gasteiger partial charge in [-0.1, -0.05) is 18.2 Å². The molecule has 0 saturated carbocycles. The van der Waals surface area contributed by atoms with Crippen LogP contribution in [0.4, 0.5) is 16.3 Å². The van der Waals surface area contributed by atoms with E-state index in [0.717, 1.165) is 11.3 Å². The number of rotatable bonds is 4. The molecule has 0 aliphatic carbocycles. The zero-order chi connectivity index (χ0) is 16.8. The van der Waals surface area contributed by atoms with Crippen molar-refractivity contribution in [1.29, 1.82) is 0 Å². The molecule has 2 rings (SSSR count). The summed E-state index contributed by atoms with van der Waals surface area (Å²) >= 11 is 0. The van der Waals surface area contributed by atoms with Crippen molar-refractivity contribution in [2.24, 2.45) is 0 Å². The van der Waals surface area contributed by atoms with E-state index in [0.29, 0.717) is 11.5 Å². The van der Waals surface area contributed by atoms with Gasteiger partial charge in [-0.05, 0) is 50.6 Å². The van der Waals surface area contributed by atoms with Gasteiger partial charge in [-0.3, -0.25) is 10.1 Å². The largest absolute Gasteiger partial charge is 0.326 e. The van der Waals surface area contributed by atoms with Crippen LogP contribution in [0, 0.1) is 13.8 Å². The number of aromatic nitrogens is 1. The molecule has 0 aliphatic rings. The number of carbonyl (C=O) groups is 2. The SMILES string of the molecule is Cc1cc(C)nc(NC(=O)N[C@@H](C)C(=O)Nc2ccccc2)c1. The van der Waals surface area contributed by atoms with Crippen LogP contribution >= 0.6 is 0 Å². The molecule has 120 valence electrons. The number of aryl methyl sites for hydroxylation is 2. The molecule has 0 bridgehead atoms. The highest BCUT2D eigenvalue weighted by molar-refractivity contribution is 5.98. The van der Waals surface area contributed by atoms with Crippen LogP contribution in [0.2, 0.25) is 0 Å². The average molecular weight is 312 g/mol. The first-order valence-electron chi connectivity index (χ1n) is 7.33. The number of para-hydroxylation sites is 1. The number of hydrogen-bond donors (Lipinski definition) is 3. The van der Waals surface area contributed by atoms with Gasteiger partial charge in [-0.2, -0.15) is 0 Å². The normalized spacial score (nSPS) is 11.4. The molecule has 3 N–H and O–H groups in total. The highest BCUT2D eigenvalue weighted by Gasteiger charge is 2.16. The van der Waals surface area contributed by atoms with E-state index < -0.39 is 12.1 Å². The number of urea groups is 1. The lowest BCUT2D eigenvalue weighted by molar-refractivity contribution is -0.117. The first kappa shape index (κ1) is 16.5. The second-order valence-electron chi connectivity index (χ2n) is 5.35. The number of anilines is 2. The van der Waals surface area contributed by atoms with Crippen molar-refractivity contribution < 1.29 is 9.59 Å². The summed E-state index contributed by atoms with van der Waals surface area (Å²) in [5.74, 6) is 0.162. The van der Waals surface area contributed by atoms with Gasteiger partial charge >= 0.3 is 6.03 Å². The molecule has 1 atom stereocenters. The fraction of sp³-hybridized carbons (Fsp3) is 0.235. The molecule has 6 heteroatoms. The van der Waals surface area contributed by atoms with Gasteiger partial charge in [0.25, 0.3) is 0 Å². The van der Waals surface area contributed by atoms with Crippen molar-refractivity contribution in [3.05, 3.63) is 53.7 Å². The predicted molar refractivity (Wildman–Crippen MR) is 90.4 cm³/mol. The van der Waals surface area contributed by atoms with E-state index in [2.05, 4.69) is 20.9 Å². The Morgan fingerprint density at radius 3 is 2.39 bits per heavy atom. The smallest absolute Gasteiger partial charge is 0.321 e. The van der Waals surface area contributed by atoms with E-state index >= 15 is 0 Å². The van der Waals surface area contributed by atoms with Crippen molar-refractivity contribution >= 4 is 23.4 Å². The third-order valence-corrected chi connectivity index (χ3v) is 3.12. The van der Waals surface area contributed by atoms with Crippen LogP contribution in [0.15, 0.2) is 42.5 Å². The summed E-state index contributed by atoms with van der Waals surface area (Å²) in [6, 6.07) is 11.6. The Bertz CT molecular complexity index is 681. The number of pyridine rings is 1. The molecule has 1 aromatic carbocycles. The first-order valence-corrected chi connectivity index (χ1v) is 7.33. The number of benzene rings is 1. The molecule has 1 aromatic heterocycles. The summed E-state index contributed by atoms with van der Waals surface area (Å²) in [7, 11) is 0. The van der Waals surface area contributed by atoms with Crippen LogP contribution in [0.3, 0.4) is 0 Å². The van der Waals surface area contributed by atoms with Crippen molar-refractivity contribution in [2.75, 3.05) is 10.6 Å². The molecule has 0 fully saturated rings. The highest BCUT2D eigenvalue weighted by atomic mass is 16.2. The Kier molecular flexibility index (Phi) is 5.30. The fourth-order valence-electron chi connectivity index (χ4n) is 2.09. The molecule has 0 unspecified atom stereocenters. The zero-order valence-electron chi connectivity index (χ0n) is 13.4. The third-order valence-electron chi connectivity index (χ3n) is 3.12. The summed E-state index contributed by atoms with van der Waals surface area (Å²) in [6.07, 6.45) is 0. The average Bonchev–Trinajstić information content (AvgIpc) is 2.46. The van der Waals surface area contributed by atoms with E-state index in [1.807, 2.05) is 38.1 Å². The second kappa shape index (κ2) is 7.40. The van der Waals surface area contributed by atoms with Crippen LogP contribution < -0.4 is 16.0 Å². The van der Waals surface area contributed by atoms with Gasteiger partial charge < -0.3 is 10.6 Å². The van der Waals surface area contributed by atoms with Gasteiger partial charge in [-0.15, -0.1) is 0 Å². The molecule has 0 radical (unpaired) electrons. The zero-order valence-corrected chi connectivity index (χ0v) is 13.4. The molecule has 23 heavy (non-hydrogen) atoms. The van der Waals surface area contributed by atoms with E-state index in [1.54, 1.807) is 25.1 Å². The number of nitrogens with one attached hydrogen (secondary N) is 3.